The van der Waals surface area contributed by atoms with Gasteiger partial charge < -0.3 is 11.1 Å². The van der Waals surface area contributed by atoms with E-state index in [2.05, 4.69) is 5.32 Å². The van der Waals surface area contributed by atoms with E-state index >= 15 is 0 Å². The quantitative estimate of drug-likeness (QED) is 0.774. The molecule has 1 saturated heterocycles. The van der Waals surface area contributed by atoms with Crippen molar-refractivity contribution in [2.45, 2.75) is 62.3 Å². The van der Waals surface area contributed by atoms with Crippen molar-refractivity contribution >= 4 is 17.7 Å². The molecule has 1 amide bonds. The summed E-state index contributed by atoms with van der Waals surface area (Å²) in [5.41, 5.74) is 5.85. The van der Waals surface area contributed by atoms with Crippen molar-refractivity contribution < 1.29 is 4.79 Å². The van der Waals surface area contributed by atoms with Gasteiger partial charge in [-0.25, -0.2) is 0 Å². The van der Waals surface area contributed by atoms with Crippen LogP contribution in [-0.4, -0.2) is 29.0 Å². The zero-order valence-electron chi connectivity index (χ0n) is 9.78. The SMILES string of the molecule is NC1CCC(NC(=O)C2CCCCS2)CC1. The highest BCUT2D eigenvalue weighted by atomic mass is 32.2. The van der Waals surface area contributed by atoms with Crippen LogP contribution >= 0.6 is 11.8 Å². The minimum absolute atomic E-state index is 0.212. The highest BCUT2D eigenvalue weighted by Crippen LogP contribution is 2.26. The van der Waals surface area contributed by atoms with E-state index in [0.29, 0.717) is 12.1 Å². The largest absolute Gasteiger partial charge is 0.352 e. The number of hydrogen-bond donors (Lipinski definition) is 2. The Bertz CT molecular complexity index is 233. The third-order valence-electron chi connectivity index (χ3n) is 3.59. The summed E-state index contributed by atoms with van der Waals surface area (Å²) in [6.07, 6.45) is 7.77. The summed E-state index contributed by atoms with van der Waals surface area (Å²) < 4.78 is 0. The monoisotopic (exact) mass is 242 g/mol. The van der Waals surface area contributed by atoms with E-state index in [-0.39, 0.29) is 11.2 Å². The topological polar surface area (TPSA) is 55.1 Å². The lowest BCUT2D eigenvalue weighted by atomic mass is 9.91. The van der Waals surface area contributed by atoms with Crippen molar-refractivity contribution in [1.82, 2.24) is 5.32 Å². The fourth-order valence-corrected chi connectivity index (χ4v) is 3.71. The first-order valence-corrected chi connectivity index (χ1v) is 7.48. The van der Waals surface area contributed by atoms with Gasteiger partial charge in [-0.3, -0.25) is 4.79 Å². The zero-order valence-corrected chi connectivity index (χ0v) is 10.6. The van der Waals surface area contributed by atoms with E-state index < -0.39 is 0 Å². The predicted octanol–water partition coefficient (Wildman–Crippen LogP) is 1.66. The fraction of sp³-hybridized carbons (Fsp3) is 0.917. The van der Waals surface area contributed by atoms with E-state index in [1.807, 2.05) is 11.8 Å². The molecule has 1 aliphatic heterocycles. The summed E-state index contributed by atoms with van der Waals surface area (Å²) in [5, 5.41) is 3.41. The van der Waals surface area contributed by atoms with Crippen LogP contribution in [0.4, 0.5) is 0 Å². The second-order valence-corrected chi connectivity index (χ2v) is 6.29. The van der Waals surface area contributed by atoms with E-state index in [4.69, 9.17) is 5.73 Å². The molecule has 1 unspecified atom stereocenters. The van der Waals surface area contributed by atoms with Crippen molar-refractivity contribution in [2.24, 2.45) is 5.73 Å². The van der Waals surface area contributed by atoms with Gasteiger partial charge in [0.1, 0.15) is 0 Å². The maximum absolute atomic E-state index is 12.0. The van der Waals surface area contributed by atoms with Crippen LogP contribution < -0.4 is 11.1 Å². The van der Waals surface area contributed by atoms with E-state index in [0.717, 1.165) is 37.9 Å². The van der Waals surface area contributed by atoms with Crippen LogP contribution in [0.1, 0.15) is 44.9 Å². The number of rotatable bonds is 2. The van der Waals surface area contributed by atoms with Gasteiger partial charge in [-0.05, 0) is 44.3 Å². The lowest BCUT2D eigenvalue weighted by Crippen LogP contribution is -2.44. The highest BCUT2D eigenvalue weighted by molar-refractivity contribution is 8.00. The Balaban J connectivity index is 1.73. The normalized spacial score (nSPS) is 35.7. The van der Waals surface area contributed by atoms with Crippen molar-refractivity contribution in [3.63, 3.8) is 0 Å². The summed E-state index contributed by atoms with van der Waals surface area (Å²) in [4.78, 5) is 12.0. The molecule has 3 N–H and O–H groups in total. The van der Waals surface area contributed by atoms with Crippen LogP contribution in [0.5, 0.6) is 0 Å². The van der Waals surface area contributed by atoms with Gasteiger partial charge in [0.15, 0.2) is 0 Å². The summed E-state index contributed by atoms with van der Waals surface area (Å²) >= 11 is 1.82. The highest BCUT2D eigenvalue weighted by Gasteiger charge is 2.25. The maximum atomic E-state index is 12.0. The standard InChI is InChI=1S/C12H22N2OS/c13-9-4-6-10(7-5-9)14-12(15)11-3-1-2-8-16-11/h9-11H,1-8,13H2,(H,14,15). The van der Waals surface area contributed by atoms with Crippen molar-refractivity contribution in [3.8, 4) is 0 Å². The summed E-state index contributed by atoms with van der Waals surface area (Å²) in [7, 11) is 0. The van der Waals surface area contributed by atoms with Gasteiger partial charge >= 0.3 is 0 Å². The van der Waals surface area contributed by atoms with Gasteiger partial charge in [0.25, 0.3) is 0 Å². The molecule has 1 saturated carbocycles. The van der Waals surface area contributed by atoms with Gasteiger partial charge in [0.05, 0.1) is 5.25 Å². The van der Waals surface area contributed by atoms with Gasteiger partial charge in [-0.2, -0.15) is 0 Å². The van der Waals surface area contributed by atoms with Crippen LogP contribution in [-0.2, 0) is 4.79 Å². The minimum atomic E-state index is 0.212. The molecule has 2 fully saturated rings. The van der Waals surface area contributed by atoms with E-state index in [1.165, 1.54) is 12.8 Å². The van der Waals surface area contributed by atoms with Gasteiger partial charge in [-0.1, -0.05) is 6.42 Å². The first-order valence-electron chi connectivity index (χ1n) is 6.43. The van der Waals surface area contributed by atoms with E-state index in [9.17, 15) is 4.79 Å². The molecule has 0 bridgehead atoms. The predicted molar refractivity (Wildman–Crippen MR) is 68.5 cm³/mol. The molecular formula is C12H22N2OS. The Labute approximate surface area is 102 Å². The number of hydrogen-bond acceptors (Lipinski definition) is 3. The fourth-order valence-electron chi connectivity index (χ4n) is 2.51. The molecule has 16 heavy (non-hydrogen) atoms. The third kappa shape index (κ3) is 3.39. The average molecular weight is 242 g/mol. The number of nitrogens with one attached hydrogen (secondary N) is 1. The van der Waals surface area contributed by atoms with Gasteiger partial charge in [0, 0.05) is 12.1 Å². The van der Waals surface area contributed by atoms with Crippen LogP contribution in [0.25, 0.3) is 0 Å². The molecule has 0 aromatic heterocycles. The average Bonchev–Trinajstić information content (AvgIpc) is 2.33. The van der Waals surface area contributed by atoms with Crippen molar-refractivity contribution in [3.05, 3.63) is 0 Å². The second kappa shape index (κ2) is 5.92. The molecule has 0 aromatic rings. The first kappa shape index (κ1) is 12.2. The molecule has 4 heteroatoms. The summed E-state index contributed by atoms with van der Waals surface area (Å²) in [5.74, 6) is 1.42. The molecule has 1 aliphatic carbocycles. The Hall–Kier alpha value is -0.220. The van der Waals surface area contributed by atoms with E-state index in [1.54, 1.807) is 0 Å². The zero-order chi connectivity index (χ0) is 11.4. The van der Waals surface area contributed by atoms with Crippen molar-refractivity contribution in [2.75, 3.05) is 5.75 Å². The first-order chi connectivity index (χ1) is 7.75. The smallest absolute Gasteiger partial charge is 0.233 e. The lowest BCUT2D eigenvalue weighted by molar-refractivity contribution is -0.121. The third-order valence-corrected chi connectivity index (χ3v) is 4.97. The Morgan fingerprint density at radius 2 is 1.88 bits per heavy atom. The number of amides is 1. The van der Waals surface area contributed by atoms with Crippen LogP contribution in [0.15, 0.2) is 0 Å². The Morgan fingerprint density at radius 1 is 1.12 bits per heavy atom. The van der Waals surface area contributed by atoms with Crippen LogP contribution in [0, 0.1) is 0 Å². The number of carbonyl (C=O) groups is 1. The number of nitrogens with two attached hydrogens (primary N) is 1. The van der Waals surface area contributed by atoms with Crippen LogP contribution in [0.3, 0.4) is 0 Å². The van der Waals surface area contributed by atoms with Crippen LogP contribution in [0.2, 0.25) is 0 Å². The number of carbonyl (C=O) groups excluding carboxylic acids is 1. The van der Waals surface area contributed by atoms with Gasteiger partial charge in [-0.15, -0.1) is 11.8 Å². The van der Waals surface area contributed by atoms with Crippen molar-refractivity contribution in [1.29, 1.82) is 0 Å². The summed E-state index contributed by atoms with van der Waals surface area (Å²) in [6, 6.07) is 0.743. The molecular weight excluding hydrogens is 220 g/mol. The second-order valence-electron chi connectivity index (χ2n) is 4.98. The minimum Gasteiger partial charge on any atom is -0.352 e. The molecule has 2 aliphatic rings. The molecule has 0 spiro atoms. The Kier molecular flexibility index (Phi) is 4.53. The molecule has 3 nitrogen and oxygen atoms in total. The molecule has 1 atom stereocenters. The summed E-state index contributed by atoms with van der Waals surface area (Å²) in [6.45, 7) is 0. The molecule has 0 radical (unpaired) electrons. The molecule has 1 heterocycles. The Morgan fingerprint density at radius 3 is 2.50 bits per heavy atom. The molecule has 0 aromatic carbocycles. The molecule has 92 valence electrons. The number of thioether (sulfide) groups is 1. The molecule has 2 rings (SSSR count). The maximum Gasteiger partial charge on any atom is 0.233 e. The van der Waals surface area contributed by atoms with Gasteiger partial charge in [0.2, 0.25) is 5.91 Å². The lowest BCUT2D eigenvalue weighted by Gasteiger charge is -2.29.